The van der Waals surface area contributed by atoms with Crippen LogP contribution in [-0.4, -0.2) is 92.5 Å². The van der Waals surface area contributed by atoms with Crippen LogP contribution < -0.4 is 20.7 Å². The molecule has 3 aromatic rings. The van der Waals surface area contributed by atoms with Gasteiger partial charge in [0.05, 0.1) is 43.4 Å². The Labute approximate surface area is 254 Å². The summed E-state index contributed by atoms with van der Waals surface area (Å²) >= 11 is 0. The van der Waals surface area contributed by atoms with Gasteiger partial charge in [-0.15, -0.1) is 0 Å². The van der Waals surface area contributed by atoms with Crippen molar-refractivity contribution in [2.24, 2.45) is 5.92 Å². The first kappa shape index (κ1) is 32.6. The second-order valence-corrected chi connectivity index (χ2v) is 10.8. The molecule has 1 saturated heterocycles. The third kappa shape index (κ3) is 8.42. The van der Waals surface area contributed by atoms with E-state index in [2.05, 4.69) is 44.6 Å². The second-order valence-electron chi connectivity index (χ2n) is 10.8. The van der Waals surface area contributed by atoms with Crippen LogP contribution in [0.1, 0.15) is 39.6 Å². The summed E-state index contributed by atoms with van der Waals surface area (Å²) in [6.07, 6.45) is -2.60. The number of aromatic nitrogens is 2. The number of anilines is 1. The summed E-state index contributed by atoms with van der Waals surface area (Å²) in [7, 11) is 5.06. The molecule has 2 heterocycles. The van der Waals surface area contributed by atoms with Gasteiger partial charge in [0.25, 0.3) is 11.8 Å². The van der Waals surface area contributed by atoms with Crippen molar-refractivity contribution in [3.8, 4) is 17.6 Å². The fourth-order valence-electron chi connectivity index (χ4n) is 5.18. The monoisotopic (exact) mass is 614 g/mol. The van der Waals surface area contributed by atoms with Gasteiger partial charge in [0, 0.05) is 37.4 Å². The van der Waals surface area contributed by atoms with Crippen LogP contribution in [0, 0.1) is 17.8 Å². The van der Waals surface area contributed by atoms with E-state index in [-0.39, 0.29) is 41.0 Å². The molecule has 236 valence electrons. The molecule has 13 heteroatoms. The Morgan fingerprint density at radius 1 is 1.16 bits per heavy atom. The van der Waals surface area contributed by atoms with Gasteiger partial charge in [-0.3, -0.25) is 9.59 Å². The van der Waals surface area contributed by atoms with E-state index >= 15 is 0 Å². The summed E-state index contributed by atoms with van der Waals surface area (Å²) < 4.78 is 51.2. The lowest BCUT2D eigenvalue weighted by Gasteiger charge is -2.35. The molecule has 1 aliphatic rings. The van der Waals surface area contributed by atoms with Crippen molar-refractivity contribution in [1.82, 2.24) is 25.1 Å². The summed E-state index contributed by atoms with van der Waals surface area (Å²) in [5.74, 6) is 5.90. The number of imidazole rings is 1. The number of ether oxygens (including phenoxy) is 2. The Morgan fingerprint density at radius 3 is 2.66 bits per heavy atom. The van der Waals surface area contributed by atoms with Gasteiger partial charge in [0.2, 0.25) is 0 Å². The maximum atomic E-state index is 13.4. The number of hydrogen-bond donors (Lipinski definition) is 3. The smallest absolute Gasteiger partial charge is 0.406 e. The normalized spacial score (nSPS) is 17.1. The molecule has 1 aliphatic heterocycles. The quantitative estimate of drug-likeness (QED) is 0.237. The topological polar surface area (TPSA) is 110 Å². The Hall–Kier alpha value is -4.28. The Morgan fingerprint density at radius 2 is 1.95 bits per heavy atom. The van der Waals surface area contributed by atoms with Crippen molar-refractivity contribution in [3.63, 3.8) is 0 Å². The molecule has 3 N–H and O–H groups in total. The lowest BCUT2D eigenvalue weighted by atomic mass is 9.93. The first-order valence-electron chi connectivity index (χ1n) is 14.2. The standard InChI is InChI=1S/C31H37F3N6O4/c1-20-17-39(2)12-9-24(20)38-30(42)23-14-21(15-26-28(23)37-19-40(26)18-31(32,33)34)6-5-10-35-25-8-7-22(16-27(25)44-4)29(41)36-11-13-43-3/h7-8,14-16,19-20,24,35H,9-13,17-18H2,1-4H3,(H,36,41)(H,38,42)/t20-,24-/m0/s1. The SMILES string of the molecule is COCCNC(=O)c1ccc(NCC#Cc2cc(C(=O)N[C@H]3CCN(C)C[C@@H]3C)c3ncn(CC(F)(F)F)c3c2)c(OC)c1. The van der Waals surface area contributed by atoms with Crippen LogP contribution in [0.3, 0.4) is 0 Å². The Bertz CT molecular complexity index is 1540. The number of nitrogens with zero attached hydrogens (tertiary/aromatic N) is 3. The van der Waals surface area contributed by atoms with Gasteiger partial charge in [0.1, 0.15) is 17.8 Å². The molecule has 10 nitrogen and oxygen atoms in total. The molecule has 0 unspecified atom stereocenters. The maximum absolute atomic E-state index is 13.4. The zero-order valence-corrected chi connectivity index (χ0v) is 25.2. The molecule has 4 rings (SSSR count). The number of methoxy groups -OCH3 is 2. The van der Waals surface area contributed by atoms with Gasteiger partial charge < -0.3 is 34.9 Å². The minimum atomic E-state index is -4.47. The summed E-state index contributed by atoms with van der Waals surface area (Å²) in [6.45, 7) is 3.40. The molecule has 0 spiro atoms. The first-order chi connectivity index (χ1) is 21.0. The Balaban J connectivity index is 1.55. The van der Waals surface area contributed by atoms with Crippen LogP contribution in [-0.2, 0) is 11.3 Å². The van der Waals surface area contributed by atoms with E-state index in [4.69, 9.17) is 9.47 Å². The van der Waals surface area contributed by atoms with Gasteiger partial charge in [-0.2, -0.15) is 13.2 Å². The molecule has 0 saturated carbocycles. The molecule has 2 aromatic carbocycles. The highest BCUT2D eigenvalue weighted by Gasteiger charge is 2.30. The zero-order valence-electron chi connectivity index (χ0n) is 25.2. The first-order valence-corrected chi connectivity index (χ1v) is 14.2. The zero-order chi connectivity index (χ0) is 31.9. The predicted molar refractivity (Wildman–Crippen MR) is 161 cm³/mol. The van der Waals surface area contributed by atoms with Gasteiger partial charge in [0.15, 0.2) is 0 Å². The summed E-state index contributed by atoms with van der Waals surface area (Å²) in [6, 6.07) is 7.94. The van der Waals surface area contributed by atoms with Crippen LogP contribution in [0.25, 0.3) is 11.0 Å². The Kier molecular flexibility index (Phi) is 10.7. The highest BCUT2D eigenvalue weighted by molar-refractivity contribution is 6.05. The van der Waals surface area contributed by atoms with Crippen molar-refractivity contribution < 1.29 is 32.2 Å². The van der Waals surface area contributed by atoms with Gasteiger partial charge in [-0.25, -0.2) is 4.98 Å². The molecule has 1 aromatic heterocycles. The number of hydrogen-bond acceptors (Lipinski definition) is 7. The van der Waals surface area contributed by atoms with E-state index in [9.17, 15) is 22.8 Å². The maximum Gasteiger partial charge on any atom is 0.406 e. The van der Waals surface area contributed by atoms with E-state index in [1.165, 1.54) is 13.2 Å². The number of carbonyl (C=O) groups is 2. The average Bonchev–Trinajstić information content (AvgIpc) is 3.37. The van der Waals surface area contributed by atoms with E-state index in [0.717, 1.165) is 30.4 Å². The molecule has 2 atom stereocenters. The number of rotatable bonds is 10. The van der Waals surface area contributed by atoms with Gasteiger partial charge in [-0.05, 0) is 56.3 Å². The number of nitrogens with one attached hydrogen (secondary N) is 3. The molecule has 2 amide bonds. The van der Waals surface area contributed by atoms with Crippen molar-refractivity contribution in [3.05, 3.63) is 53.3 Å². The lowest BCUT2D eigenvalue weighted by molar-refractivity contribution is -0.139. The average molecular weight is 615 g/mol. The predicted octanol–water partition coefficient (Wildman–Crippen LogP) is 3.52. The summed E-state index contributed by atoms with van der Waals surface area (Å²) in [5.41, 5.74) is 1.92. The fraction of sp³-hybridized carbons (Fsp3) is 0.452. The van der Waals surface area contributed by atoms with Crippen molar-refractivity contribution in [1.29, 1.82) is 0 Å². The molecular formula is C31H37F3N6O4. The number of fused-ring (bicyclic) bond motifs is 1. The number of likely N-dealkylation sites (tertiary alicyclic amines) is 1. The summed E-state index contributed by atoms with van der Waals surface area (Å²) in [5, 5.41) is 8.94. The molecule has 0 bridgehead atoms. The minimum Gasteiger partial charge on any atom is -0.495 e. The number of halogens is 3. The van der Waals surface area contributed by atoms with Crippen molar-refractivity contribution in [2.45, 2.75) is 32.1 Å². The number of benzene rings is 2. The van der Waals surface area contributed by atoms with Crippen LogP contribution >= 0.6 is 0 Å². The minimum absolute atomic E-state index is 0.0669. The van der Waals surface area contributed by atoms with Crippen LogP contribution in [0.4, 0.5) is 18.9 Å². The largest absolute Gasteiger partial charge is 0.495 e. The molecular weight excluding hydrogens is 577 g/mol. The number of piperidine rings is 1. The van der Waals surface area contributed by atoms with Crippen LogP contribution in [0.5, 0.6) is 5.75 Å². The van der Waals surface area contributed by atoms with Gasteiger partial charge >= 0.3 is 6.18 Å². The summed E-state index contributed by atoms with van der Waals surface area (Å²) in [4.78, 5) is 32.1. The van der Waals surface area contributed by atoms with Crippen LogP contribution in [0.15, 0.2) is 36.7 Å². The molecule has 1 fully saturated rings. The van der Waals surface area contributed by atoms with Gasteiger partial charge in [-0.1, -0.05) is 18.8 Å². The highest BCUT2D eigenvalue weighted by Crippen LogP contribution is 2.27. The highest BCUT2D eigenvalue weighted by atomic mass is 19.4. The van der Waals surface area contributed by atoms with Crippen LogP contribution in [0.2, 0.25) is 0 Å². The molecule has 0 radical (unpaired) electrons. The number of alkyl halides is 3. The lowest BCUT2D eigenvalue weighted by Crippen LogP contribution is -2.48. The molecule has 0 aliphatic carbocycles. The van der Waals surface area contributed by atoms with E-state index in [1.807, 2.05) is 7.05 Å². The molecule has 44 heavy (non-hydrogen) atoms. The van der Waals surface area contributed by atoms with Crippen molar-refractivity contribution >= 4 is 28.5 Å². The second kappa shape index (κ2) is 14.5. The van der Waals surface area contributed by atoms with E-state index in [1.54, 1.807) is 31.4 Å². The van der Waals surface area contributed by atoms with E-state index < -0.39 is 18.6 Å². The van der Waals surface area contributed by atoms with E-state index in [0.29, 0.717) is 35.7 Å². The third-order valence-electron chi connectivity index (χ3n) is 7.40. The number of amides is 2. The number of carbonyl (C=O) groups excluding carboxylic acids is 2. The van der Waals surface area contributed by atoms with Crippen molar-refractivity contribution in [2.75, 3.05) is 59.4 Å². The fourth-order valence-corrected chi connectivity index (χ4v) is 5.18. The third-order valence-corrected chi connectivity index (χ3v) is 7.40.